The molecule has 4 heteroatoms. The highest BCUT2D eigenvalue weighted by molar-refractivity contribution is 5.59. The van der Waals surface area contributed by atoms with Crippen molar-refractivity contribution in [3.63, 3.8) is 0 Å². The molecule has 0 amide bonds. The van der Waals surface area contributed by atoms with Crippen molar-refractivity contribution in [1.82, 2.24) is 0 Å². The van der Waals surface area contributed by atoms with Gasteiger partial charge in [0.15, 0.2) is 0 Å². The molecule has 0 heterocycles. The van der Waals surface area contributed by atoms with Crippen LogP contribution in [-0.2, 0) is 0 Å². The highest BCUT2D eigenvalue weighted by Crippen LogP contribution is 2.24. The van der Waals surface area contributed by atoms with Gasteiger partial charge in [-0.1, -0.05) is 19.1 Å². The normalized spacial score (nSPS) is 10.6. The molecule has 0 saturated heterocycles. The van der Waals surface area contributed by atoms with Gasteiger partial charge in [0, 0.05) is 11.6 Å². The van der Waals surface area contributed by atoms with Crippen LogP contribution < -0.4 is 0 Å². The van der Waals surface area contributed by atoms with Gasteiger partial charge in [0.05, 0.1) is 11.0 Å². The Morgan fingerprint density at radius 2 is 2.29 bits per heavy atom. The smallest absolute Gasteiger partial charge is 0.273 e. The van der Waals surface area contributed by atoms with Crippen LogP contribution in [0.2, 0.25) is 0 Å². The molecule has 14 heavy (non-hydrogen) atoms. The van der Waals surface area contributed by atoms with Crippen LogP contribution in [0.15, 0.2) is 24.3 Å². The number of benzene rings is 1. The van der Waals surface area contributed by atoms with E-state index in [9.17, 15) is 15.2 Å². The first kappa shape index (κ1) is 10.2. The lowest BCUT2D eigenvalue weighted by Crippen LogP contribution is -1.87. The molecule has 1 rings (SSSR count). The average molecular weight is 193 g/mol. The molecule has 0 spiro atoms. The lowest BCUT2D eigenvalue weighted by molar-refractivity contribution is -0.384. The molecule has 4 nitrogen and oxygen atoms in total. The minimum atomic E-state index is -0.535. The largest absolute Gasteiger partial charge is 0.507 e. The summed E-state index contributed by atoms with van der Waals surface area (Å²) in [6, 6.07) is 4.05. The van der Waals surface area contributed by atoms with E-state index in [1.807, 2.05) is 13.0 Å². The van der Waals surface area contributed by atoms with Gasteiger partial charge in [0.1, 0.15) is 5.75 Å². The molecule has 0 aliphatic heterocycles. The third kappa shape index (κ3) is 2.32. The van der Waals surface area contributed by atoms with E-state index in [-0.39, 0.29) is 11.4 Å². The molecule has 1 aromatic rings. The summed E-state index contributed by atoms with van der Waals surface area (Å²) in [4.78, 5) is 9.82. The Morgan fingerprint density at radius 3 is 2.79 bits per heavy atom. The lowest BCUT2D eigenvalue weighted by atomic mass is 10.1. The van der Waals surface area contributed by atoms with Crippen molar-refractivity contribution >= 4 is 11.8 Å². The zero-order chi connectivity index (χ0) is 10.6. The van der Waals surface area contributed by atoms with Crippen LogP contribution in [0.5, 0.6) is 5.75 Å². The molecule has 0 radical (unpaired) electrons. The van der Waals surface area contributed by atoms with E-state index < -0.39 is 4.92 Å². The van der Waals surface area contributed by atoms with Crippen LogP contribution in [0.4, 0.5) is 5.69 Å². The summed E-state index contributed by atoms with van der Waals surface area (Å²) < 4.78 is 0. The standard InChI is InChI=1S/C10H11NO3/c1-2-3-4-8-5-6-9(11(13)14)7-10(8)12/h3-7,12H,2H2,1H3/b4-3-. The number of non-ortho nitro benzene ring substituents is 1. The predicted molar refractivity (Wildman–Crippen MR) is 54.1 cm³/mol. The van der Waals surface area contributed by atoms with Gasteiger partial charge >= 0.3 is 0 Å². The average Bonchev–Trinajstić information content (AvgIpc) is 2.15. The Bertz CT molecular complexity index is 372. The molecule has 0 atom stereocenters. The van der Waals surface area contributed by atoms with E-state index in [2.05, 4.69) is 0 Å². The summed E-state index contributed by atoms with van der Waals surface area (Å²) in [6.45, 7) is 1.97. The van der Waals surface area contributed by atoms with Gasteiger partial charge in [-0.25, -0.2) is 0 Å². The molecule has 1 N–H and O–H groups in total. The van der Waals surface area contributed by atoms with Crippen LogP contribution in [0, 0.1) is 10.1 Å². The number of phenolic OH excluding ortho intramolecular Hbond substituents is 1. The van der Waals surface area contributed by atoms with E-state index in [4.69, 9.17) is 0 Å². The minimum Gasteiger partial charge on any atom is -0.507 e. The summed E-state index contributed by atoms with van der Waals surface area (Å²) in [5.74, 6) is -0.0658. The molecule has 0 unspecified atom stereocenters. The zero-order valence-electron chi connectivity index (χ0n) is 7.80. The third-order valence-corrected chi connectivity index (χ3v) is 1.76. The second-order valence-electron chi connectivity index (χ2n) is 2.81. The number of nitrogens with zero attached hydrogens (tertiary/aromatic N) is 1. The number of aromatic hydroxyl groups is 1. The van der Waals surface area contributed by atoms with Gasteiger partial charge < -0.3 is 5.11 Å². The highest BCUT2D eigenvalue weighted by atomic mass is 16.6. The molecule has 0 aromatic heterocycles. The first-order valence-electron chi connectivity index (χ1n) is 4.29. The minimum absolute atomic E-state index is 0.0658. The second kappa shape index (κ2) is 4.41. The van der Waals surface area contributed by atoms with Gasteiger partial charge in [-0.15, -0.1) is 0 Å². The third-order valence-electron chi connectivity index (χ3n) is 1.76. The van der Waals surface area contributed by atoms with Crippen LogP contribution >= 0.6 is 0 Å². The van der Waals surface area contributed by atoms with E-state index >= 15 is 0 Å². The fraction of sp³-hybridized carbons (Fsp3) is 0.200. The molecule has 0 saturated carbocycles. The van der Waals surface area contributed by atoms with Crippen LogP contribution in [0.1, 0.15) is 18.9 Å². The SMILES string of the molecule is CC/C=C\c1ccc([N+](=O)[O-])cc1O. The first-order chi connectivity index (χ1) is 6.65. The summed E-state index contributed by atoms with van der Waals surface area (Å²) in [7, 11) is 0. The molecule has 0 aliphatic carbocycles. The fourth-order valence-electron chi connectivity index (χ4n) is 1.03. The number of nitro groups is 1. The number of hydrogen-bond acceptors (Lipinski definition) is 3. The molecule has 0 bridgehead atoms. The Labute approximate surface area is 81.6 Å². The Morgan fingerprint density at radius 1 is 1.57 bits per heavy atom. The van der Waals surface area contributed by atoms with E-state index in [0.717, 1.165) is 12.5 Å². The topological polar surface area (TPSA) is 63.4 Å². The van der Waals surface area contributed by atoms with Crippen molar-refractivity contribution in [2.24, 2.45) is 0 Å². The predicted octanol–water partition coefficient (Wildman–Crippen LogP) is 2.72. The molecule has 0 aliphatic rings. The van der Waals surface area contributed by atoms with Crippen molar-refractivity contribution in [3.05, 3.63) is 40.0 Å². The van der Waals surface area contributed by atoms with E-state index in [1.165, 1.54) is 12.1 Å². The van der Waals surface area contributed by atoms with Gasteiger partial charge in [-0.3, -0.25) is 10.1 Å². The Hall–Kier alpha value is -1.84. The maximum absolute atomic E-state index is 10.4. The fourth-order valence-corrected chi connectivity index (χ4v) is 1.03. The number of nitro benzene ring substituents is 1. The van der Waals surface area contributed by atoms with E-state index in [1.54, 1.807) is 6.08 Å². The van der Waals surface area contributed by atoms with Crippen LogP contribution in [0.3, 0.4) is 0 Å². The van der Waals surface area contributed by atoms with Gasteiger partial charge in [-0.05, 0) is 12.5 Å². The first-order valence-corrected chi connectivity index (χ1v) is 4.29. The van der Waals surface area contributed by atoms with Gasteiger partial charge in [0.25, 0.3) is 5.69 Å². The van der Waals surface area contributed by atoms with E-state index in [0.29, 0.717) is 5.56 Å². The second-order valence-corrected chi connectivity index (χ2v) is 2.81. The lowest BCUT2D eigenvalue weighted by Gasteiger charge is -1.98. The van der Waals surface area contributed by atoms with Crippen molar-refractivity contribution in [2.45, 2.75) is 13.3 Å². The van der Waals surface area contributed by atoms with Crippen molar-refractivity contribution in [1.29, 1.82) is 0 Å². The number of phenols is 1. The highest BCUT2D eigenvalue weighted by Gasteiger charge is 2.07. The number of allylic oxidation sites excluding steroid dienone is 1. The monoisotopic (exact) mass is 193 g/mol. The Kier molecular flexibility index (Phi) is 3.23. The van der Waals surface area contributed by atoms with Gasteiger partial charge in [0.2, 0.25) is 0 Å². The van der Waals surface area contributed by atoms with Crippen LogP contribution in [0.25, 0.3) is 6.08 Å². The molecular formula is C10H11NO3. The van der Waals surface area contributed by atoms with Crippen molar-refractivity contribution in [2.75, 3.05) is 0 Å². The van der Waals surface area contributed by atoms with Crippen molar-refractivity contribution < 1.29 is 10.0 Å². The number of rotatable bonds is 3. The molecule has 74 valence electrons. The maximum Gasteiger partial charge on any atom is 0.273 e. The quantitative estimate of drug-likeness (QED) is 0.593. The Balaban J connectivity index is 3.01. The number of hydrogen-bond donors (Lipinski definition) is 1. The summed E-state index contributed by atoms with van der Waals surface area (Å²) in [5, 5.41) is 19.8. The summed E-state index contributed by atoms with van der Waals surface area (Å²) in [5.41, 5.74) is 0.494. The van der Waals surface area contributed by atoms with Gasteiger partial charge in [-0.2, -0.15) is 0 Å². The molecule has 0 fully saturated rings. The zero-order valence-corrected chi connectivity index (χ0v) is 7.80. The summed E-state index contributed by atoms with van der Waals surface area (Å²) in [6.07, 6.45) is 4.47. The molecular weight excluding hydrogens is 182 g/mol. The molecule has 1 aromatic carbocycles. The summed E-state index contributed by atoms with van der Waals surface area (Å²) >= 11 is 0. The van der Waals surface area contributed by atoms with Crippen LogP contribution in [-0.4, -0.2) is 10.0 Å². The van der Waals surface area contributed by atoms with Crippen molar-refractivity contribution in [3.8, 4) is 5.75 Å². The maximum atomic E-state index is 10.4.